The monoisotopic (exact) mass is 250 g/mol. The van der Waals surface area contributed by atoms with Crippen LogP contribution in [0.5, 0.6) is 5.75 Å². The SMILES string of the molecule is COc1ccccc1/C(N)=C(/C#N)c1ccccc1. The van der Waals surface area contributed by atoms with Crippen LogP contribution in [-0.2, 0) is 0 Å². The van der Waals surface area contributed by atoms with Gasteiger partial charge in [-0.3, -0.25) is 0 Å². The van der Waals surface area contributed by atoms with Gasteiger partial charge in [-0.1, -0.05) is 42.5 Å². The first-order valence-electron chi connectivity index (χ1n) is 5.86. The number of hydrogen-bond donors (Lipinski definition) is 1. The van der Waals surface area contributed by atoms with Crippen molar-refractivity contribution in [2.45, 2.75) is 0 Å². The Balaban J connectivity index is 2.59. The van der Waals surface area contributed by atoms with Gasteiger partial charge in [-0.25, -0.2) is 0 Å². The highest BCUT2D eigenvalue weighted by Crippen LogP contribution is 2.28. The second-order valence-electron chi connectivity index (χ2n) is 3.97. The minimum Gasteiger partial charge on any atom is -0.496 e. The molecule has 0 saturated heterocycles. The second-order valence-corrected chi connectivity index (χ2v) is 3.97. The summed E-state index contributed by atoms with van der Waals surface area (Å²) in [4.78, 5) is 0. The first kappa shape index (κ1) is 12.7. The van der Waals surface area contributed by atoms with E-state index in [-0.39, 0.29) is 0 Å². The van der Waals surface area contributed by atoms with Crippen LogP contribution >= 0.6 is 0 Å². The molecular formula is C16H14N2O. The summed E-state index contributed by atoms with van der Waals surface area (Å²) >= 11 is 0. The summed E-state index contributed by atoms with van der Waals surface area (Å²) < 4.78 is 5.27. The number of methoxy groups -OCH3 is 1. The number of rotatable bonds is 3. The van der Waals surface area contributed by atoms with Crippen molar-refractivity contribution in [1.82, 2.24) is 0 Å². The van der Waals surface area contributed by atoms with Gasteiger partial charge >= 0.3 is 0 Å². The van der Waals surface area contributed by atoms with E-state index in [1.165, 1.54) is 0 Å². The highest BCUT2D eigenvalue weighted by molar-refractivity contribution is 5.97. The van der Waals surface area contributed by atoms with Crippen LogP contribution in [-0.4, -0.2) is 7.11 Å². The predicted octanol–water partition coefficient (Wildman–Crippen LogP) is 3.05. The predicted molar refractivity (Wildman–Crippen MR) is 76.1 cm³/mol. The Morgan fingerprint density at radius 2 is 1.68 bits per heavy atom. The van der Waals surface area contributed by atoms with Crippen molar-refractivity contribution in [1.29, 1.82) is 5.26 Å². The lowest BCUT2D eigenvalue weighted by Crippen LogP contribution is -2.02. The summed E-state index contributed by atoms with van der Waals surface area (Å²) in [5.41, 5.74) is 8.53. The summed E-state index contributed by atoms with van der Waals surface area (Å²) in [6.45, 7) is 0. The summed E-state index contributed by atoms with van der Waals surface area (Å²) in [5.74, 6) is 0.656. The smallest absolute Gasteiger partial charge is 0.128 e. The third-order valence-electron chi connectivity index (χ3n) is 2.84. The van der Waals surface area contributed by atoms with Crippen molar-refractivity contribution in [3.8, 4) is 11.8 Å². The average Bonchev–Trinajstić information content (AvgIpc) is 2.49. The molecule has 3 heteroatoms. The van der Waals surface area contributed by atoms with Crippen molar-refractivity contribution in [2.75, 3.05) is 7.11 Å². The molecule has 0 aliphatic rings. The van der Waals surface area contributed by atoms with Gasteiger partial charge in [0.05, 0.1) is 18.4 Å². The maximum absolute atomic E-state index is 9.35. The van der Waals surface area contributed by atoms with Crippen LogP contribution in [0.2, 0.25) is 0 Å². The molecule has 0 aliphatic heterocycles. The average molecular weight is 250 g/mol. The molecular weight excluding hydrogens is 236 g/mol. The van der Waals surface area contributed by atoms with Crippen LogP contribution in [0.15, 0.2) is 54.6 Å². The van der Waals surface area contributed by atoms with Gasteiger partial charge in [0, 0.05) is 5.56 Å². The topological polar surface area (TPSA) is 59.0 Å². The Hall–Kier alpha value is -2.73. The number of nitrogens with zero attached hydrogens (tertiary/aromatic N) is 1. The maximum Gasteiger partial charge on any atom is 0.128 e. The molecule has 3 nitrogen and oxygen atoms in total. The van der Waals surface area contributed by atoms with Gasteiger partial charge in [-0.05, 0) is 17.7 Å². The molecule has 0 fully saturated rings. The number of nitriles is 1. The van der Waals surface area contributed by atoms with E-state index >= 15 is 0 Å². The number of allylic oxidation sites excluding steroid dienone is 1. The van der Waals surface area contributed by atoms with Crippen molar-refractivity contribution in [3.63, 3.8) is 0 Å². The number of benzene rings is 2. The van der Waals surface area contributed by atoms with Gasteiger partial charge in [0.2, 0.25) is 0 Å². The van der Waals surface area contributed by atoms with E-state index in [4.69, 9.17) is 10.5 Å². The molecule has 0 aliphatic carbocycles. The molecule has 0 bridgehead atoms. The third kappa shape index (κ3) is 2.58. The lowest BCUT2D eigenvalue weighted by molar-refractivity contribution is 0.413. The third-order valence-corrected chi connectivity index (χ3v) is 2.84. The summed E-state index contributed by atoms with van der Waals surface area (Å²) in [6.07, 6.45) is 0. The van der Waals surface area contributed by atoms with E-state index < -0.39 is 0 Å². The minimum absolute atomic E-state index is 0.422. The normalized spacial score (nSPS) is 11.4. The number of para-hydroxylation sites is 1. The molecule has 0 radical (unpaired) electrons. The van der Waals surface area contributed by atoms with Gasteiger partial charge < -0.3 is 10.5 Å². The van der Waals surface area contributed by atoms with Crippen LogP contribution in [0, 0.1) is 11.3 Å². The molecule has 94 valence electrons. The molecule has 0 amide bonds. The molecule has 2 aromatic carbocycles. The number of ether oxygens (including phenoxy) is 1. The van der Waals surface area contributed by atoms with E-state index in [9.17, 15) is 5.26 Å². The van der Waals surface area contributed by atoms with E-state index in [2.05, 4.69) is 6.07 Å². The van der Waals surface area contributed by atoms with Crippen LogP contribution in [0.3, 0.4) is 0 Å². The van der Waals surface area contributed by atoms with Gasteiger partial charge in [0.25, 0.3) is 0 Å². The fourth-order valence-corrected chi connectivity index (χ4v) is 1.89. The number of hydrogen-bond acceptors (Lipinski definition) is 3. The molecule has 0 aromatic heterocycles. The van der Waals surface area contributed by atoms with E-state index in [0.29, 0.717) is 17.0 Å². The van der Waals surface area contributed by atoms with Crippen molar-refractivity contribution < 1.29 is 4.74 Å². The molecule has 19 heavy (non-hydrogen) atoms. The first-order chi connectivity index (χ1) is 9.27. The Labute approximate surface area is 112 Å². The van der Waals surface area contributed by atoms with E-state index in [1.807, 2.05) is 54.6 Å². The van der Waals surface area contributed by atoms with Gasteiger partial charge in [-0.15, -0.1) is 0 Å². The zero-order chi connectivity index (χ0) is 13.7. The molecule has 0 spiro atoms. The maximum atomic E-state index is 9.35. The molecule has 2 N–H and O–H groups in total. The largest absolute Gasteiger partial charge is 0.496 e. The molecule has 2 aromatic rings. The quantitative estimate of drug-likeness (QED) is 0.672. The molecule has 0 unspecified atom stereocenters. The zero-order valence-corrected chi connectivity index (χ0v) is 10.6. The summed E-state index contributed by atoms with van der Waals surface area (Å²) in [7, 11) is 1.58. The van der Waals surface area contributed by atoms with Crippen LogP contribution in [0.1, 0.15) is 11.1 Å². The van der Waals surface area contributed by atoms with Crippen LogP contribution in [0.25, 0.3) is 11.3 Å². The molecule has 0 atom stereocenters. The van der Waals surface area contributed by atoms with Crippen LogP contribution in [0.4, 0.5) is 0 Å². The summed E-state index contributed by atoms with van der Waals surface area (Å²) in [6, 6.07) is 18.9. The lowest BCUT2D eigenvalue weighted by atomic mass is 10.0. The van der Waals surface area contributed by atoms with Gasteiger partial charge in [0.1, 0.15) is 11.8 Å². The molecule has 2 rings (SSSR count). The highest BCUT2D eigenvalue weighted by Gasteiger charge is 2.11. The van der Waals surface area contributed by atoms with E-state index in [1.54, 1.807) is 7.11 Å². The van der Waals surface area contributed by atoms with Gasteiger partial charge in [-0.2, -0.15) is 5.26 Å². The molecule has 0 heterocycles. The summed E-state index contributed by atoms with van der Waals surface area (Å²) in [5, 5.41) is 9.35. The lowest BCUT2D eigenvalue weighted by Gasteiger charge is -2.10. The fraction of sp³-hybridized carbons (Fsp3) is 0.0625. The standard InChI is InChI=1S/C16H14N2O/c1-19-15-10-6-5-9-13(15)16(18)14(11-17)12-7-3-2-4-8-12/h2-10H,18H2,1H3/b16-14+. The number of nitrogens with two attached hydrogens (primary N) is 1. The highest BCUT2D eigenvalue weighted by atomic mass is 16.5. The second kappa shape index (κ2) is 5.74. The van der Waals surface area contributed by atoms with Gasteiger partial charge in [0.15, 0.2) is 0 Å². The Bertz CT molecular complexity index is 639. The Morgan fingerprint density at radius 3 is 2.32 bits per heavy atom. The van der Waals surface area contributed by atoms with Crippen molar-refractivity contribution in [2.24, 2.45) is 5.73 Å². The Kier molecular flexibility index (Phi) is 3.84. The van der Waals surface area contributed by atoms with Crippen LogP contribution < -0.4 is 10.5 Å². The molecule has 0 saturated carbocycles. The van der Waals surface area contributed by atoms with E-state index in [0.717, 1.165) is 11.1 Å². The van der Waals surface area contributed by atoms with Crippen molar-refractivity contribution >= 4 is 11.3 Å². The Morgan fingerprint density at radius 1 is 1.05 bits per heavy atom. The van der Waals surface area contributed by atoms with Crippen molar-refractivity contribution in [3.05, 3.63) is 65.7 Å². The zero-order valence-electron chi connectivity index (χ0n) is 10.6. The fourth-order valence-electron chi connectivity index (χ4n) is 1.89. The minimum atomic E-state index is 0.422. The first-order valence-corrected chi connectivity index (χ1v) is 5.86.